The Morgan fingerprint density at radius 3 is 2.56 bits per heavy atom. The van der Waals surface area contributed by atoms with Gasteiger partial charge in [0.25, 0.3) is 5.56 Å². The minimum atomic E-state index is -0.219. The van der Waals surface area contributed by atoms with Gasteiger partial charge in [-0.25, -0.2) is 19.9 Å². The summed E-state index contributed by atoms with van der Waals surface area (Å²) >= 11 is 0. The second-order valence-corrected chi connectivity index (χ2v) is 8.20. The van der Waals surface area contributed by atoms with Crippen molar-refractivity contribution in [1.82, 2.24) is 24.5 Å². The van der Waals surface area contributed by atoms with Crippen LogP contribution in [0.2, 0.25) is 0 Å². The fourth-order valence-corrected chi connectivity index (χ4v) is 3.70. The lowest BCUT2D eigenvalue weighted by molar-refractivity contribution is 0.127. The van der Waals surface area contributed by atoms with E-state index in [4.69, 9.17) is 9.47 Å². The average molecular weight is 490 g/mol. The summed E-state index contributed by atoms with van der Waals surface area (Å²) in [5, 5.41) is 6.40. The van der Waals surface area contributed by atoms with Gasteiger partial charge in [-0.1, -0.05) is 13.0 Å². The highest BCUT2D eigenvalue weighted by Gasteiger charge is 2.13. The second-order valence-electron chi connectivity index (χ2n) is 8.20. The summed E-state index contributed by atoms with van der Waals surface area (Å²) in [5.41, 5.74) is 3.53. The Bertz CT molecular complexity index is 1360. The zero-order valence-electron chi connectivity index (χ0n) is 20.8. The van der Waals surface area contributed by atoms with Gasteiger partial charge in [-0.3, -0.25) is 9.36 Å². The van der Waals surface area contributed by atoms with Crippen LogP contribution in [0.25, 0.3) is 22.3 Å². The van der Waals surface area contributed by atoms with E-state index in [-0.39, 0.29) is 11.4 Å². The second kappa shape index (κ2) is 12.1. The number of hydrogen-bond donors (Lipinski definition) is 2. The van der Waals surface area contributed by atoms with E-state index in [1.165, 1.54) is 0 Å². The molecule has 0 fully saturated rings. The molecule has 0 radical (unpaired) electrons. The van der Waals surface area contributed by atoms with Crippen LogP contribution < -0.4 is 20.9 Å². The number of pyridine rings is 3. The maximum atomic E-state index is 13.4. The van der Waals surface area contributed by atoms with Crippen molar-refractivity contribution in [3.8, 4) is 17.0 Å². The van der Waals surface area contributed by atoms with Crippen molar-refractivity contribution in [1.29, 1.82) is 0 Å². The summed E-state index contributed by atoms with van der Waals surface area (Å²) in [6.45, 7) is 6.51. The number of nitrogens with one attached hydrogen (secondary N) is 2. The Hall–Kier alpha value is -4.05. The van der Waals surface area contributed by atoms with Crippen LogP contribution in [0.1, 0.15) is 19.0 Å². The van der Waals surface area contributed by atoms with E-state index < -0.39 is 0 Å². The lowest BCUT2D eigenvalue weighted by atomic mass is 10.1. The molecule has 0 spiro atoms. The summed E-state index contributed by atoms with van der Waals surface area (Å²) in [6.07, 6.45) is 4.36. The molecule has 0 aromatic carbocycles. The molecule has 0 amide bonds. The van der Waals surface area contributed by atoms with Crippen molar-refractivity contribution in [2.45, 2.75) is 26.8 Å². The standard InChI is InChI=1S/C26H31N7O3/c1-4-13-36-14-12-33-21-15-20(19-8-9-23(35-3)29-16-19)17-30-24(21)32-25(26(33)34)28-11-10-27-22-7-5-6-18(2)31-22/h5-9,15-17H,4,10-14H2,1-3H3,(H,27,31)(H,28,30,32). The molecule has 2 N–H and O–H groups in total. The Labute approximate surface area is 209 Å². The number of aromatic nitrogens is 5. The molecule has 10 nitrogen and oxygen atoms in total. The number of methoxy groups -OCH3 is 1. The van der Waals surface area contributed by atoms with Crippen molar-refractivity contribution in [2.75, 3.05) is 44.0 Å². The molecule has 0 atom stereocenters. The maximum absolute atomic E-state index is 13.4. The predicted molar refractivity (Wildman–Crippen MR) is 141 cm³/mol. The Morgan fingerprint density at radius 2 is 1.81 bits per heavy atom. The zero-order chi connectivity index (χ0) is 25.3. The van der Waals surface area contributed by atoms with E-state index in [1.807, 2.05) is 37.3 Å². The predicted octanol–water partition coefficient (Wildman–Crippen LogP) is 3.52. The van der Waals surface area contributed by atoms with Crippen LogP contribution in [0, 0.1) is 6.92 Å². The minimum absolute atomic E-state index is 0.219. The summed E-state index contributed by atoms with van der Waals surface area (Å²) < 4.78 is 12.5. The first-order chi connectivity index (χ1) is 17.6. The van der Waals surface area contributed by atoms with Crippen molar-refractivity contribution in [2.24, 2.45) is 0 Å². The van der Waals surface area contributed by atoms with Gasteiger partial charge >= 0.3 is 0 Å². The zero-order valence-corrected chi connectivity index (χ0v) is 20.8. The van der Waals surface area contributed by atoms with Gasteiger partial charge in [0.05, 0.1) is 19.2 Å². The van der Waals surface area contributed by atoms with Gasteiger partial charge in [0.1, 0.15) is 5.82 Å². The van der Waals surface area contributed by atoms with E-state index in [0.29, 0.717) is 49.9 Å². The monoisotopic (exact) mass is 489 g/mol. The summed E-state index contributed by atoms with van der Waals surface area (Å²) in [7, 11) is 1.58. The fourth-order valence-electron chi connectivity index (χ4n) is 3.70. The van der Waals surface area contributed by atoms with Gasteiger partial charge in [0.2, 0.25) is 5.88 Å². The third kappa shape index (κ3) is 6.14. The molecule has 0 bridgehead atoms. The number of anilines is 2. The van der Waals surface area contributed by atoms with E-state index in [0.717, 1.165) is 29.1 Å². The largest absolute Gasteiger partial charge is 0.481 e. The normalized spacial score (nSPS) is 11.0. The molecule has 10 heteroatoms. The topological polar surface area (TPSA) is 116 Å². The van der Waals surface area contributed by atoms with Crippen LogP contribution in [-0.2, 0) is 11.3 Å². The van der Waals surface area contributed by atoms with Crippen molar-refractivity contribution >= 4 is 22.8 Å². The van der Waals surface area contributed by atoms with Gasteiger partial charge in [-0.15, -0.1) is 0 Å². The van der Waals surface area contributed by atoms with E-state index in [2.05, 4.69) is 37.5 Å². The van der Waals surface area contributed by atoms with Crippen molar-refractivity contribution in [3.05, 3.63) is 64.8 Å². The van der Waals surface area contributed by atoms with Crippen LogP contribution in [0.4, 0.5) is 11.6 Å². The van der Waals surface area contributed by atoms with Crippen molar-refractivity contribution in [3.63, 3.8) is 0 Å². The molecule has 4 rings (SSSR count). The van der Waals surface area contributed by atoms with Gasteiger partial charge < -0.3 is 20.1 Å². The van der Waals surface area contributed by atoms with Crippen LogP contribution >= 0.6 is 0 Å². The quantitative estimate of drug-likeness (QED) is 0.288. The van der Waals surface area contributed by atoms with Crippen LogP contribution in [0.15, 0.2) is 53.6 Å². The number of hydrogen-bond acceptors (Lipinski definition) is 9. The number of fused-ring (bicyclic) bond motifs is 1. The van der Waals surface area contributed by atoms with Crippen molar-refractivity contribution < 1.29 is 9.47 Å². The lowest BCUT2D eigenvalue weighted by Crippen LogP contribution is -2.29. The first-order valence-corrected chi connectivity index (χ1v) is 12.0. The SMILES string of the molecule is CCCOCCn1c(=O)c(NCCNc2cccc(C)n2)nc2ncc(-c3ccc(OC)nc3)cc21. The Morgan fingerprint density at radius 1 is 0.972 bits per heavy atom. The smallest absolute Gasteiger partial charge is 0.293 e. The maximum Gasteiger partial charge on any atom is 0.293 e. The molecular formula is C26H31N7O3. The molecule has 0 saturated carbocycles. The molecule has 4 heterocycles. The first kappa shape index (κ1) is 25.1. The summed E-state index contributed by atoms with van der Waals surface area (Å²) in [4.78, 5) is 31.2. The van der Waals surface area contributed by atoms with Gasteiger partial charge in [0.15, 0.2) is 11.5 Å². The fraction of sp³-hybridized carbons (Fsp3) is 0.346. The molecule has 0 unspecified atom stereocenters. The summed E-state index contributed by atoms with van der Waals surface area (Å²) in [6, 6.07) is 11.4. The third-order valence-electron chi connectivity index (χ3n) is 5.50. The molecule has 36 heavy (non-hydrogen) atoms. The molecule has 4 aromatic rings. The minimum Gasteiger partial charge on any atom is -0.481 e. The molecule has 4 aromatic heterocycles. The molecule has 0 saturated heterocycles. The molecule has 0 aliphatic rings. The highest BCUT2D eigenvalue weighted by molar-refractivity contribution is 5.78. The molecule has 188 valence electrons. The average Bonchev–Trinajstić information content (AvgIpc) is 2.90. The van der Waals surface area contributed by atoms with Crippen LogP contribution in [-0.4, -0.2) is 57.9 Å². The van der Waals surface area contributed by atoms with Gasteiger partial charge in [0, 0.05) is 61.5 Å². The third-order valence-corrected chi connectivity index (χ3v) is 5.50. The van der Waals surface area contributed by atoms with Gasteiger partial charge in [-0.2, -0.15) is 0 Å². The highest BCUT2D eigenvalue weighted by Crippen LogP contribution is 2.23. The van der Waals surface area contributed by atoms with E-state index in [1.54, 1.807) is 30.1 Å². The number of rotatable bonds is 12. The van der Waals surface area contributed by atoms with E-state index in [9.17, 15) is 4.79 Å². The first-order valence-electron chi connectivity index (χ1n) is 12.0. The number of nitrogens with zero attached hydrogens (tertiary/aromatic N) is 5. The summed E-state index contributed by atoms with van der Waals surface area (Å²) in [5.74, 6) is 1.57. The van der Waals surface area contributed by atoms with Crippen LogP contribution in [0.5, 0.6) is 5.88 Å². The molecular weight excluding hydrogens is 458 g/mol. The highest BCUT2D eigenvalue weighted by atomic mass is 16.5. The van der Waals surface area contributed by atoms with Crippen LogP contribution in [0.3, 0.4) is 0 Å². The number of ether oxygens (including phenoxy) is 2. The molecule has 0 aliphatic heterocycles. The number of aryl methyl sites for hydroxylation is 1. The lowest BCUT2D eigenvalue weighted by Gasteiger charge is -2.14. The van der Waals surface area contributed by atoms with Gasteiger partial charge in [-0.05, 0) is 37.6 Å². The molecule has 0 aliphatic carbocycles. The Balaban J connectivity index is 1.58. The Kier molecular flexibility index (Phi) is 8.40. The van der Waals surface area contributed by atoms with E-state index >= 15 is 0 Å².